The van der Waals surface area contributed by atoms with Gasteiger partial charge in [0.25, 0.3) is 0 Å². The van der Waals surface area contributed by atoms with E-state index in [0.29, 0.717) is 25.2 Å². The van der Waals surface area contributed by atoms with Gasteiger partial charge in [0.05, 0.1) is 18.8 Å². The van der Waals surface area contributed by atoms with Gasteiger partial charge in [-0.2, -0.15) is 5.26 Å². The van der Waals surface area contributed by atoms with E-state index in [-0.39, 0.29) is 0 Å². The van der Waals surface area contributed by atoms with E-state index < -0.39 is 0 Å². The first kappa shape index (κ1) is 15.7. The van der Waals surface area contributed by atoms with Crippen molar-refractivity contribution in [1.82, 2.24) is 0 Å². The van der Waals surface area contributed by atoms with Gasteiger partial charge in [-0.25, -0.2) is 0 Å². The van der Waals surface area contributed by atoms with Crippen molar-refractivity contribution in [3.63, 3.8) is 0 Å². The maximum absolute atomic E-state index is 8.51. The molecule has 4 nitrogen and oxygen atoms in total. The number of hydrogen-bond donors (Lipinski definition) is 1. The molecule has 0 aromatic heterocycles. The number of ether oxygens (including phenoxy) is 2. The molecule has 1 saturated carbocycles. The van der Waals surface area contributed by atoms with Crippen molar-refractivity contribution in [2.45, 2.75) is 50.7 Å². The zero-order valence-electron chi connectivity index (χ0n) is 12.7. The molecule has 1 aliphatic rings. The first-order chi connectivity index (χ1) is 10.3. The van der Waals surface area contributed by atoms with E-state index >= 15 is 0 Å². The minimum absolute atomic E-state index is 0.377. The Labute approximate surface area is 127 Å². The molecule has 1 fully saturated rings. The third-order valence-electron chi connectivity index (χ3n) is 3.87. The van der Waals surface area contributed by atoms with Crippen LogP contribution in [0.2, 0.25) is 0 Å². The lowest BCUT2D eigenvalue weighted by atomic mass is 9.92. The molecule has 4 heteroatoms. The van der Waals surface area contributed by atoms with Gasteiger partial charge < -0.3 is 14.8 Å². The van der Waals surface area contributed by atoms with E-state index in [1.165, 1.54) is 12.8 Å². The molecule has 0 saturated heterocycles. The van der Waals surface area contributed by atoms with Gasteiger partial charge >= 0.3 is 0 Å². The van der Waals surface area contributed by atoms with Crippen molar-refractivity contribution in [1.29, 1.82) is 5.26 Å². The van der Waals surface area contributed by atoms with Gasteiger partial charge in [-0.05, 0) is 44.2 Å². The van der Waals surface area contributed by atoms with E-state index in [0.717, 1.165) is 30.7 Å². The third kappa shape index (κ3) is 5.28. The largest absolute Gasteiger partial charge is 0.493 e. The van der Waals surface area contributed by atoms with Crippen LogP contribution < -0.4 is 10.1 Å². The molecular weight excluding hydrogens is 264 g/mol. The van der Waals surface area contributed by atoms with Gasteiger partial charge in [0.15, 0.2) is 0 Å². The Hall–Kier alpha value is -1.73. The lowest BCUT2D eigenvalue weighted by molar-refractivity contribution is 0.0669. The highest BCUT2D eigenvalue weighted by Gasteiger charge is 2.21. The molecule has 1 aromatic rings. The summed E-state index contributed by atoms with van der Waals surface area (Å²) in [6.07, 6.45) is 6.31. The third-order valence-corrected chi connectivity index (χ3v) is 3.87. The van der Waals surface area contributed by atoms with Gasteiger partial charge in [0, 0.05) is 31.3 Å². The first-order valence-electron chi connectivity index (χ1n) is 7.71. The molecule has 0 radical (unpaired) electrons. The Morgan fingerprint density at radius 3 is 3.10 bits per heavy atom. The average Bonchev–Trinajstić information content (AvgIpc) is 2.52. The summed E-state index contributed by atoms with van der Waals surface area (Å²) in [5.41, 5.74) is 1.09. The van der Waals surface area contributed by atoms with E-state index in [9.17, 15) is 0 Å². The van der Waals surface area contributed by atoms with E-state index in [1.807, 2.05) is 18.2 Å². The van der Waals surface area contributed by atoms with Crippen molar-refractivity contribution >= 4 is 5.69 Å². The molecule has 0 bridgehead atoms. The Bertz CT molecular complexity index is 470. The normalized spacial score (nSPS) is 21.5. The molecule has 114 valence electrons. The van der Waals surface area contributed by atoms with Crippen LogP contribution in [0.15, 0.2) is 24.3 Å². The minimum atomic E-state index is 0.377. The summed E-state index contributed by atoms with van der Waals surface area (Å²) in [6, 6.07) is 10.6. The lowest BCUT2D eigenvalue weighted by Crippen LogP contribution is -2.30. The van der Waals surface area contributed by atoms with Crippen molar-refractivity contribution < 1.29 is 9.47 Å². The monoisotopic (exact) mass is 288 g/mol. The van der Waals surface area contributed by atoms with Crippen LogP contribution in [0.1, 0.15) is 38.5 Å². The Morgan fingerprint density at radius 2 is 2.29 bits per heavy atom. The SMILES string of the molecule is COC1CCCC(Nc2cccc(OCCCC#N)c2)C1. The molecule has 2 atom stereocenters. The molecule has 1 aromatic carbocycles. The fourth-order valence-electron chi connectivity index (χ4n) is 2.74. The number of hydrogen-bond acceptors (Lipinski definition) is 4. The molecule has 2 rings (SSSR count). The number of nitriles is 1. The molecular formula is C17H24N2O2. The van der Waals surface area contributed by atoms with Gasteiger partial charge in [-0.1, -0.05) is 6.07 Å². The maximum atomic E-state index is 8.51. The Balaban J connectivity index is 1.84. The topological polar surface area (TPSA) is 54.3 Å². The van der Waals surface area contributed by atoms with Crippen LogP contribution in [-0.2, 0) is 4.74 Å². The number of unbranched alkanes of at least 4 members (excludes halogenated alkanes) is 1. The summed E-state index contributed by atoms with van der Waals surface area (Å²) in [7, 11) is 1.79. The van der Waals surface area contributed by atoms with Crippen LogP contribution >= 0.6 is 0 Å². The van der Waals surface area contributed by atoms with Gasteiger partial charge in [-0.3, -0.25) is 0 Å². The van der Waals surface area contributed by atoms with Crippen molar-refractivity contribution in [2.75, 3.05) is 19.0 Å². The number of methoxy groups -OCH3 is 1. The van der Waals surface area contributed by atoms with Crippen LogP contribution in [0.3, 0.4) is 0 Å². The summed E-state index contributed by atoms with van der Waals surface area (Å²) in [5, 5.41) is 12.1. The smallest absolute Gasteiger partial charge is 0.121 e. The number of anilines is 1. The standard InChI is InChI=1S/C17H24N2O2/c1-20-16-8-4-6-14(12-16)19-15-7-5-9-17(13-15)21-11-3-2-10-18/h5,7,9,13-14,16,19H,2-4,6,8,11-12H2,1H3. The molecule has 0 spiro atoms. The molecule has 0 aliphatic heterocycles. The van der Waals surface area contributed by atoms with Crippen LogP contribution in [0.25, 0.3) is 0 Å². The number of nitrogens with zero attached hydrogens (tertiary/aromatic N) is 1. The zero-order chi connectivity index (χ0) is 14.9. The second-order valence-electron chi connectivity index (χ2n) is 5.50. The number of benzene rings is 1. The van der Waals surface area contributed by atoms with Gasteiger partial charge in [0.1, 0.15) is 5.75 Å². The molecule has 1 aliphatic carbocycles. The van der Waals surface area contributed by atoms with Gasteiger partial charge in [0.2, 0.25) is 0 Å². The lowest BCUT2D eigenvalue weighted by Gasteiger charge is -2.29. The molecule has 21 heavy (non-hydrogen) atoms. The fraction of sp³-hybridized carbons (Fsp3) is 0.588. The van der Waals surface area contributed by atoms with Crippen LogP contribution in [0, 0.1) is 11.3 Å². The maximum Gasteiger partial charge on any atom is 0.121 e. The average molecular weight is 288 g/mol. The van der Waals surface area contributed by atoms with E-state index in [1.54, 1.807) is 7.11 Å². The Kier molecular flexibility index (Phi) is 6.36. The zero-order valence-corrected chi connectivity index (χ0v) is 12.7. The minimum Gasteiger partial charge on any atom is -0.493 e. The second kappa shape index (κ2) is 8.53. The summed E-state index contributed by atoms with van der Waals surface area (Å²) < 4.78 is 11.1. The summed E-state index contributed by atoms with van der Waals surface area (Å²) in [4.78, 5) is 0. The predicted molar refractivity (Wildman–Crippen MR) is 83.5 cm³/mol. The second-order valence-corrected chi connectivity index (χ2v) is 5.50. The van der Waals surface area contributed by atoms with Crippen LogP contribution in [-0.4, -0.2) is 25.9 Å². The summed E-state index contributed by atoms with van der Waals surface area (Å²) >= 11 is 0. The molecule has 0 amide bonds. The van der Waals surface area contributed by atoms with Crippen LogP contribution in [0.5, 0.6) is 5.75 Å². The predicted octanol–water partition coefficient (Wildman–Crippen LogP) is 3.74. The molecule has 0 heterocycles. The van der Waals surface area contributed by atoms with E-state index in [2.05, 4.69) is 17.5 Å². The Morgan fingerprint density at radius 1 is 1.38 bits per heavy atom. The highest BCUT2D eigenvalue weighted by atomic mass is 16.5. The van der Waals surface area contributed by atoms with Crippen molar-refractivity contribution in [3.8, 4) is 11.8 Å². The quantitative estimate of drug-likeness (QED) is 0.777. The first-order valence-corrected chi connectivity index (χ1v) is 7.71. The highest BCUT2D eigenvalue weighted by Crippen LogP contribution is 2.25. The number of rotatable bonds is 7. The van der Waals surface area contributed by atoms with Crippen molar-refractivity contribution in [2.24, 2.45) is 0 Å². The molecule has 1 N–H and O–H groups in total. The summed E-state index contributed by atoms with van der Waals surface area (Å²) in [6.45, 7) is 0.589. The summed E-state index contributed by atoms with van der Waals surface area (Å²) in [5.74, 6) is 0.858. The van der Waals surface area contributed by atoms with Crippen LogP contribution in [0.4, 0.5) is 5.69 Å². The van der Waals surface area contributed by atoms with Crippen molar-refractivity contribution in [3.05, 3.63) is 24.3 Å². The van der Waals surface area contributed by atoms with E-state index in [4.69, 9.17) is 14.7 Å². The molecule has 2 unspecified atom stereocenters. The fourth-order valence-corrected chi connectivity index (χ4v) is 2.74. The number of nitrogens with one attached hydrogen (secondary N) is 1. The van der Waals surface area contributed by atoms with Gasteiger partial charge in [-0.15, -0.1) is 0 Å². The highest BCUT2D eigenvalue weighted by molar-refractivity contribution is 5.48.